The Morgan fingerprint density at radius 3 is 2.79 bits per heavy atom. The lowest BCUT2D eigenvalue weighted by molar-refractivity contribution is -0.121. The Bertz CT molecular complexity index is 1010. The predicted molar refractivity (Wildman–Crippen MR) is 113 cm³/mol. The molecule has 0 saturated carbocycles. The first-order valence-corrected chi connectivity index (χ1v) is 10.0. The molecule has 146 valence electrons. The second kappa shape index (κ2) is 7.76. The molecular weight excluding hydrogens is 348 g/mol. The Balaban J connectivity index is 1.42. The van der Waals surface area contributed by atoms with E-state index in [0.717, 1.165) is 55.0 Å². The minimum Gasteiger partial charge on any atom is -0.330 e. The Kier molecular flexibility index (Phi) is 5.18. The summed E-state index contributed by atoms with van der Waals surface area (Å²) in [5, 5.41) is 3.11. The van der Waals surface area contributed by atoms with Crippen LogP contribution in [0.3, 0.4) is 0 Å². The van der Waals surface area contributed by atoms with Gasteiger partial charge in [-0.05, 0) is 68.6 Å². The molecule has 0 spiro atoms. The first-order chi connectivity index (χ1) is 13.5. The van der Waals surface area contributed by atoms with Crippen molar-refractivity contribution in [1.82, 2.24) is 14.5 Å². The van der Waals surface area contributed by atoms with Gasteiger partial charge in [-0.1, -0.05) is 18.2 Å². The number of carbonyl (C=O) groups is 1. The van der Waals surface area contributed by atoms with E-state index in [0.29, 0.717) is 0 Å². The fourth-order valence-corrected chi connectivity index (χ4v) is 4.01. The molecule has 5 heteroatoms. The summed E-state index contributed by atoms with van der Waals surface area (Å²) in [5.74, 6) is 1.19. The van der Waals surface area contributed by atoms with Gasteiger partial charge in [-0.15, -0.1) is 0 Å². The maximum absolute atomic E-state index is 12.8. The predicted octanol–water partition coefficient (Wildman–Crippen LogP) is 4.04. The van der Waals surface area contributed by atoms with Crippen LogP contribution in [-0.2, 0) is 18.4 Å². The van der Waals surface area contributed by atoms with Crippen molar-refractivity contribution in [1.29, 1.82) is 0 Å². The first kappa shape index (κ1) is 18.7. The number of imidazole rings is 1. The second-order valence-electron chi connectivity index (χ2n) is 7.94. The molecule has 0 aliphatic carbocycles. The summed E-state index contributed by atoms with van der Waals surface area (Å²) >= 11 is 0. The fraction of sp³-hybridized carbons (Fsp3) is 0.391. The van der Waals surface area contributed by atoms with Crippen LogP contribution in [-0.4, -0.2) is 33.4 Å². The number of hydrogen-bond acceptors (Lipinski definition) is 3. The van der Waals surface area contributed by atoms with Gasteiger partial charge in [0, 0.05) is 19.3 Å². The molecule has 1 fully saturated rings. The number of nitrogens with zero attached hydrogens (tertiary/aromatic N) is 3. The van der Waals surface area contributed by atoms with Gasteiger partial charge in [-0.2, -0.15) is 0 Å². The molecular formula is C23H28N4O. The molecule has 1 atom stereocenters. The molecule has 4 rings (SSSR count). The molecule has 2 aromatic carbocycles. The van der Waals surface area contributed by atoms with E-state index in [1.54, 1.807) is 0 Å². The number of aryl methyl sites for hydroxylation is 3. The van der Waals surface area contributed by atoms with Gasteiger partial charge in [0.2, 0.25) is 5.91 Å². The van der Waals surface area contributed by atoms with Crippen molar-refractivity contribution in [3.05, 3.63) is 59.4 Å². The number of benzene rings is 2. The molecule has 1 N–H and O–H groups in total. The van der Waals surface area contributed by atoms with Crippen LogP contribution in [0.25, 0.3) is 11.0 Å². The number of piperidine rings is 1. The first-order valence-electron chi connectivity index (χ1n) is 10.0. The average molecular weight is 377 g/mol. The molecule has 0 radical (unpaired) electrons. The third-order valence-electron chi connectivity index (χ3n) is 5.90. The lowest BCUT2D eigenvalue weighted by atomic mass is 9.97. The third-order valence-corrected chi connectivity index (χ3v) is 5.90. The molecule has 1 saturated heterocycles. The standard InChI is InChI=1S/C23H28N4O/c1-16-10-11-19(13-17(16)2)24-23(28)18-7-6-12-27(14-18)15-22-25-20-8-4-5-9-21(20)26(22)3/h4-5,8-11,13,18H,6-7,12,14-15H2,1-3H3,(H,24,28)/t18-/m0/s1. The molecule has 1 aliphatic rings. The van der Waals surface area contributed by atoms with Crippen molar-refractivity contribution in [3.63, 3.8) is 0 Å². The number of nitrogens with one attached hydrogen (secondary N) is 1. The zero-order chi connectivity index (χ0) is 19.7. The third kappa shape index (κ3) is 3.80. The summed E-state index contributed by atoms with van der Waals surface area (Å²) in [6, 6.07) is 14.3. The van der Waals surface area contributed by atoms with E-state index in [2.05, 4.69) is 53.9 Å². The zero-order valence-electron chi connectivity index (χ0n) is 16.9. The molecule has 3 aromatic rings. The molecule has 28 heavy (non-hydrogen) atoms. The van der Waals surface area contributed by atoms with Gasteiger partial charge >= 0.3 is 0 Å². The highest BCUT2D eigenvalue weighted by Gasteiger charge is 2.26. The van der Waals surface area contributed by atoms with E-state index in [1.165, 1.54) is 11.1 Å². The minimum atomic E-state index is 0.0186. The lowest BCUT2D eigenvalue weighted by Gasteiger charge is -2.31. The SMILES string of the molecule is Cc1ccc(NC(=O)[C@H]2CCCN(Cc3nc4ccccc4n3C)C2)cc1C. The smallest absolute Gasteiger partial charge is 0.228 e. The van der Waals surface area contributed by atoms with Crippen LogP contribution in [0.4, 0.5) is 5.69 Å². The summed E-state index contributed by atoms with van der Waals surface area (Å²) in [6.45, 7) is 6.72. The van der Waals surface area contributed by atoms with Crippen LogP contribution in [0.2, 0.25) is 0 Å². The highest BCUT2D eigenvalue weighted by molar-refractivity contribution is 5.92. The number of rotatable bonds is 4. The Morgan fingerprint density at radius 1 is 1.18 bits per heavy atom. The van der Waals surface area contributed by atoms with E-state index in [1.807, 2.05) is 24.3 Å². The van der Waals surface area contributed by atoms with Gasteiger partial charge in [-0.3, -0.25) is 9.69 Å². The lowest BCUT2D eigenvalue weighted by Crippen LogP contribution is -2.40. The quantitative estimate of drug-likeness (QED) is 0.748. The monoisotopic (exact) mass is 376 g/mol. The van der Waals surface area contributed by atoms with Gasteiger partial charge in [-0.25, -0.2) is 4.98 Å². The highest BCUT2D eigenvalue weighted by atomic mass is 16.1. The van der Waals surface area contributed by atoms with Gasteiger partial charge < -0.3 is 9.88 Å². The minimum absolute atomic E-state index is 0.0186. The molecule has 1 amide bonds. The zero-order valence-corrected chi connectivity index (χ0v) is 16.9. The fourth-order valence-electron chi connectivity index (χ4n) is 4.01. The van der Waals surface area contributed by atoms with Crippen LogP contribution in [0.5, 0.6) is 0 Å². The molecule has 0 bridgehead atoms. The number of hydrogen-bond donors (Lipinski definition) is 1. The number of fused-ring (bicyclic) bond motifs is 1. The van der Waals surface area contributed by atoms with Gasteiger partial charge in [0.25, 0.3) is 0 Å². The Morgan fingerprint density at radius 2 is 2.00 bits per heavy atom. The number of para-hydroxylation sites is 2. The van der Waals surface area contributed by atoms with Crippen LogP contribution in [0, 0.1) is 19.8 Å². The number of amides is 1. The van der Waals surface area contributed by atoms with Crippen molar-refractivity contribution >= 4 is 22.6 Å². The summed E-state index contributed by atoms with van der Waals surface area (Å²) in [7, 11) is 2.07. The normalized spacial score (nSPS) is 17.8. The van der Waals surface area contributed by atoms with Gasteiger partial charge in [0.1, 0.15) is 5.82 Å². The Labute approximate surface area is 166 Å². The second-order valence-corrected chi connectivity index (χ2v) is 7.94. The maximum atomic E-state index is 12.8. The molecule has 1 aliphatic heterocycles. The van der Waals surface area contributed by atoms with Crippen LogP contribution >= 0.6 is 0 Å². The summed E-state index contributed by atoms with van der Waals surface area (Å²) < 4.78 is 2.16. The van der Waals surface area contributed by atoms with E-state index >= 15 is 0 Å². The van der Waals surface area contributed by atoms with Crippen LogP contribution in [0.15, 0.2) is 42.5 Å². The van der Waals surface area contributed by atoms with E-state index in [9.17, 15) is 4.79 Å². The number of likely N-dealkylation sites (tertiary alicyclic amines) is 1. The summed E-state index contributed by atoms with van der Waals surface area (Å²) in [4.78, 5) is 20.0. The average Bonchev–Trinajstić information content (AvgIpc) is 3.01. The molecule has 0 unspecified atom stereocenters. The number of anilines is 1. The highest BCUT2D eigenvalue weighted by Crippen LogP contribution is 2.22. The van der Waals surface area contributed by atoms with Crippen molar-refractivity contribution in [2.75, 3.05) is 18.4 Å². The Hall–Kier alpha value is -2.66. The topological polar surface area (TPSA) is 50.2 Å². The van der Waals surface area contributed by atoms with Gasteiger partial charge in [0.15, 0.2) is 0 Å². The molecule has 2 heterocycles. The molecule has 5 nitrogen and oxygen atoms in total. The van der Waals surface area contributed by atoms with E-state index in [4.69, 9.17) is 4.98 Å². The molecule has 1 aromatic heterocycles. The van der Waals surface area contributed by atoms with E-state index < -0.39 is 0 Å². The summed E-state index contributed by atoms with van der Waals surface area (Å²) in [6.07, 6.45) is 1.98. The number of carbonyl (C=O) groups excluding carboxylic acids is 1. The van der Waals surface area contributed by atoms with Crippen molar-refractivity contribution in [2.45, 2.75) is 33.2 Å². The van der Waals surface area contributed by atoms with Crippen molar-refractivity contribution in [3.8, 4) is 0 Å². The van der Waals surface area contributed by atoms with Crippen molar-refractivity contribution < 1.29 is 4.79 Å². The summed E-state index contributed by atoms with van der Waals surface area (Å²) in [5.41, 5.74) is 5.51. The van der Waals surface area contributed by atoms with Gasteiger partial charge in [0.05, 0.1) is 23.5 Å². The van der Waals surface area contributed by atoms with Crippen LogP contribution in [0.1, 0.15) is 29.8 Å². The number of aromatic nitrogens is 2. The van der Waals surface area contributed by atoms with Crippen LogP contribution < -0.4 is 5.32 Å². The maximum Gasteiger partial charge on any atom is 0.228 e. The largest absolute Gasteiger partial charge is 0.330 e. The van der Waals surface area contributed by atoms with E-state index in [-0.39, 0.29) is 11.8 Å². The van der Waals surface area contributed by atoms with Crippen molar-refractivity contribution in [2.24, 2.45) is 13.0 Å².